The normalized spacial score (nSPS) is 19.7. The van der Waals surface area contributed by atoms with Crippen LogP contribution in [-0.4, -0.2) is 28.6 Å². The van der Waals surface area contributed by atoms with Gasteiger partial charge in [-0.3, -0.25) is 9.59 Å². The number of phenolic OH excluding ortho intramolecular Hbond substituents is 1. The number of anilines is 1. The van der Waals surface area contributed by atoms with E-state index in [4.69, 9.17) is 16.7 Å². The maximum absolute atomic E-state index is 11.7. The summed E-state index contributed by atoms with van der Waals surface area (Å²) < 4.78 is 0. The van der Waals surface area contributed by atoms with Crippen LogP contribution in [0.15, 0.2) is 18.2 Å². The highest BCUT2D eigenvalue weighted by atomic mass is 35.5. The minimum Gasteiger partial charge on any atom is -0.506 e. The molecule has 0 unspecified atom stereocenters. The smallest absolute Gasteiger partial charge is 0.308 e. The van der Waals surface area contributed by atoms with Crippen molar-refractivity contribution in [3.05, 3.63) is 23.2 Å². The highest BCUT2D eigenvalue weighted by Gasteiger charge is 2.36. The van der Waals surface area contributed by atoms with Crippen molar-refractivity contribution in [2.75, 3.05) is 11.4 Å². The predicted octanol–water partition coefficient (Wildman–Crippen LogP) is 1.48. The van der Waals surface area contributed by atoms with Crippen LogP contribution in [0.3, 0.4) is 0 Å². The zero-order valence-corrected chi connectivity index (χ0v) is 9.52. The molecule has 2 rings (SSSR count). The molecular weight excluding hydrogens is 246 g/mol. The number of carboxylic acids is 1. The number of carbonyl (C=O) groups excluding carboxylic acids is 1. The van der Waals surface area contributed by atoms with E-state index in [-0.39, 0.29) is 30.3 Å². The molecule has 5 nitrogen and oxygen atoms in total. The predicted molar refractivity (Wildman–Crippen MR) is 61.2 cm³/mol. The summed E-state index contributed by atoms with van der Waals surface area (Å²) in [6.07, 6.45) is -0.0543. The Kier molecular flexibility index (Phi) is 2.93. The molecule has 90 valence electrons. The monoisotopic (exact) mass is 255 g/mol. The lowest BCUT2D eigenvalue weighted by Crippen LogP contribution is -2.25. The van der Waals surface area contributed by atoms with Crippen molar-refractivity contribution in [2.45, 2.75) is 6.42 Å². The van der Waals surface area contributed by atoms with Crippen molar-refractivity contribution in [1.29, 1.82) is 0 Å². The van der Waals surface area contributed by atoms with Crippen LogP contribution < -0.4 is 4.90 Å². The molecule has 0 aliphatic carbocycles. The fraction of sp³-hybridized carbons (Fsp3) is 0.273. The van der Waals surface area contributed by atoms with E-state index in [0.29, 0.717) is 5.02 Å². The number of halogens is 1. The van der Waals surface area contributed by atoms with Gasteiger partial charge < -0.3 is 15.1 Å². The third kappa shape index (κ3) is 2.19. The fourth-order valence-corrected chi connectivity index (χ4v) is 1.98. The third-order valence-corrected chi connectivity index (χ3v) is 2.94. The quantitative estimate of drug-likeness (QED) is 0.839. The van der Waals surface area contributed by atoms with Crippen LogP contribution in [0, 0.1) is 5.92 Å². The highest BCUT2D eigenvalue weighted by Crippen LogP contribution is 2.34. The Hall–Kier alpha value is -1.75. The molecule has 0 saturated carbocycles. The van der Waals surface area contributed by atoms with Gasteiger partial charge in [-0.2, -0.15) is 0 Å². The second-order valence-corrected chi connectivity index (χ2v) is 4.31. The van der Waals surface area contributed by atoms with Gasteiger partial charge in [0.1, 0.15) is 5.75 Å². The summed E-state index contributed by atoms with van der Waals surface area (Å²) in [5, 5.41) is 18.9. The van der Waals surface area contributed by atoms with Gasteiger partial charge in [-0.1, -0.05) is 11.6 Å². The van der Waals surface area contributed by atoms with Crippen LogP contribution in [0.1, 0.15) is 6.42 Å². The number of carbonyl (C=O) groups is 2. The van der Waals surface area contributed by atoms with Crippen LogP contribution in [0.4, 0.5) is 5.69 Å². The second kappa shape index (κ2) is 4.25. The van der Waals surface area contributed by atoms with Crippen LogP contribution in [0.25, 0.3) is 0 Å². The Morgan fingerprint density at radius 1 is 1.47 bits per heavy atom. The van der Waals surface area contributed by atoms with E-state index in [0.717, 1.165) is 0 Å². The number of aromatic hydroxyl groups is 1. The number of phenols is 1. The number of rotatable bonds is 2. The molecule has 0 spiro atoms. The summed E-state index contributed by atoms with van der Waals surface area (Å²) in [5.41, 5.74) is 0.256. The van der Waals surface area contributed by atoms with Crippen molar-refractivity contribution in [1.82, 2.24) is 0 Å². The molecule has 1 saturated heterocycles. The zero-order chi connectivity index (χ0) is 12.6. The molecular formula is C11H10ClNO4. The third-order valence-electron chi connectivity index (χ3n) is 2.70. The SMILES string of the molecule is O=C(O)[C@@H]1CC(=O)N(c2cc(Cl)ccc2O)C1. The molecule has 0 aromatic heterocycles. The van der Waals surface area contributed by atoms with Gasteiger partial charge in [-0.15, -0.1) is 0 Å². The number of hydrogen-bond donors (Lipinski definition) is 2. The maximum atomic E-state index is 11.7. The van der Waals surface area contributed by atoms with Gasteiger partial charge in [0.2, 0.25) is 5.91 Å². The first-order valence-electron chi connectivity index (χ1n) is 5.00. The summed E-state index contributed by atoms with van der Waals surface area (Å²) in [4.78, 5) is 23.7. The van der Waals surface area contributed by atoms with Crippen molar-refractivity contribution in [3.8, 4) is 5.75 Å². The van der Waals surface area contributed by atoms with E-state index in [1.807, 2.05) is 0 Å². The lowest BCUT2D eigenvalue weighted by atomic mass is 10.1. The number of hydrogen-bond acceptors (Lipinski definition) is 3. The van der Waals surface area contributed by atoms with Gasteiger partial charge in [-0.25, -0.2) is 0 Å². The number of nitrogens with zero attached hydrogens (tertiary/aromatic N) is 1. The first-order valence-corrected chi connectivity index (χ1v) is 5.38. The molecule has 1 atom stereocenters. The molecule has 17 heavy (non-hydrogen) atoms. The van der Waals surface area contributed by atoms with E-state index >= 15 is 0 Å². The van der Waals surface area contributed by atoms with Gasteiger partial charge in [0, 0.05) is 18.0 Å². The first-order chi connectivity index (χ1) is 7.99. The van der Waals surface area contributed by atoms with Crippen LogP contribution in [0.2, 0.25) is 5.02 Å². The molecule has 1 aromatic carbocycles. The topological polar surface area (TPSA) is 77.8 Å². The molecule has 1 aliphatic rings. The summed E-state index contributed by atoms with van der Waals surface area (Å²) in [7, 11) is 0. The minimum atomic E-state index is -1.01. The first kappa shape index (κ1) is 11.7. The standard InChI is InChI=1S/C11H10ClNO4/c12-7-1-2-9(14)8(4-7)13-5-6(11(16)17)3-10(13)15/h1-2,4,6,14H,3,5H2,(H,16,17)/t6-/m1/s1. The second-order valence-electron chi connectivity index (χ2n) is 3.88. The molecule has 1 heterocycles. The molecule has 0 radical (unpaired) electrons. The Balaban J connectivity index is 2.32. The summed E-state index contributed by atoms with van der Waals surface area (Å²) in [6.45, 7) is 0.0576. The van der Waals surface area contributed by atoms with Gasteiger partial charge in [-0.05, 0) is 18.2 Å². The van der Waals surface area contributed by atoms with E-state index in [1.54, 1.807) is 0 Å². The van der Waals surface area contributed by atoms with E-state index in [9.17, 15) is 14.7 Å². The summed E-state index contributed by atoms with van der Waals surface area (Å²) in [6, 6.07) is 4.31. The summed E-state index contributed by atoms with van der Waals surface area (Å²) in [5.74, 6) is -2.16. The van der Waals surface area contributed by atoms with E-state index < -0.39 is 11.9 Å². The number of amides is 1. The van der Waals surface area contributed by atoms with Crippen LogP contribution in [-0.2, 0) is 9.59 Å². The molecule has 2 N–H and O–H groups in total. The molecule has 1 aromatic rings. The van der Waals surface area contributed by atoms with Gasteiger partial charge >= 0.3 is 5.97 Å². The maximum Gasteiger partial charge on any atom is 0.308 e. The van der Waals surface area contributed by atoms with E-state index in [2.05, 4.69) is 0 Å². The van der Waals surface area contributed by atoms with Crippen molar-refractivity contribution >= 4 is 29.2 Å². The number of aliphatic carboxylic acids is 1. The van der Waals surface area contributed by atoms with Crippen LogP contribution in [0.5, 0.6) is 5.75 Å². The molecule has 1 amide bonds. The number of carboxylic acid groups (broad SMARTS) is 1. The molecule has 6 heteroatoms. The van der Waals surface area contributed by atoms with Gasteiger partial charge in [0.05, 0.1) is 11.6 Å². The van der Waals surface area contributed by atoms with Crippen molar-refractivity contribution < 1.29 is 19.8 Å². The van der Waals surface area contributed by atoms with Crippen molar-refractivity contribution in [3.63, 3.8) is 0 Å². The Morgan fingerprint density at radius 3 is 2.76 bits per heavy atom. The summed E-state index contributed by atoms with van der Waals surface area (Å²) >= 11 is 5.78. The Morgan fingerprint density at radius 2 is 2.18 bits per heavy atom. The Bertz CT molecular complexity index is 488. The average Bonchev–Trinajstić information content (AvgIpc) is 2.64. The van der Waals surface area contributed by atoms with Crippen LogP contribution >= 0.6 is 11.6 Å². The molecule has 1 aliphatic heterocycles. The number of benzene rings is 1. The van der Waals surface area contributed by atoms with Gasteiger partial charge in [0.15, 0.2) is 0 Å². The Labute approximate surface area is 102 Å². The fourth-order valence-electron chi connectivity index (χ4n) is 1.82. The largest absolute Gasteiger partial charge is 0.506 e. The van der Waals surface area contributed by atoms with Crippen molar-refractivity contribution in [2.24, 2.45) is 5.92 Å². The lowest BCUT2D eigenvalue weighted by Gasteiger charge is -2.17. The van der Waals surface area contributed by atoms with Gasteiger partial charge in [0.25, 0.3) is 0 Å². The minimum absolute atomic E-state index is 0.0543. The lowest BCUT2D eigenvalue weighted by molar-refractivity contribution is -0.141. The molecule has 0 bridgehead atoms. The van der Waals surface area contributed by atoms with E-state index in [1.165, 1.54) is 23.1 Å². The zero-order valence-electron chi connectivity index (χ0n) is 8.76. The average molecular weight is 256 g/mol. The highest BCUT2D eigenvalue weighted by molar-refractivity contribution is 6.31. The molecule has 1 fully saturated rings.